The fraction of sp³-hybridized carbons (Fsp3) is 0.370. The number of nitrogens with one attached hydrogen (secondary N) is 2. The molecular weight excluding hydrogens is 470 g/mol. The maximum absolute atomic E-state index is 12.7. The van der Waals surface area contributed by atoms with E-state index in [0.29, 0.717) is 41.9 Å². The van der Waals surface area contributed by atoms with Crippen LogP contribution in [0, 0.1) is 13.8 Å². The Morgan fingerprint density at radius 3 is 2.68 bits per heavy atom. The number of aromatic nitrogens is 6. The van der Waals surface area contributed by atoms with Gasteiger partial charge in [-0.2, -0.15) is 5.10 Å². The zero-order valence-corrected chi connectivity index (χ0v) is 21.6. The van der Waals surface area contributed by atoms with Gasteiger partial charge in [0.05, 0.1) is 29.4 Å². The van der Waals surface area contributed by atoms with Crippen LogP contribution in [0.25, 0.3) is 33.1 Å². The number of ether oxygens (including phenoxy) is 1. The van der Waals surface area contributed by atoms with E-state index in [1.54, 1.807) is 7.11 Å². The van der Waals surface area contributed by atoms with E-state index in [1.807, 2.05) is 37.6 Å². The van der Waals surface area contributed by atoms with Crippen LogP contribution >= 0.6 is 0 Å². The molecule has 0 aliphatic heterocycles. The van der Waals surface area contributed by atoms with E-state index >= 15 is 0 Å². The van der Waals surface area contributed by atoms with Gasteiger partial charge in [-0.15, -0.1) is 0 Å². The molecule has 1 saturated carbocycles. The quantitative estimate of drug-likeness (QED) is 0.256. The Bertz CT molecular complexity index is 1650. The number of Topliss-reactive ketones (excluding diaryl/α,β-unsaturated/α-hetero) is 1. The smallest absolute Gasteiger partial charge is 0.199 e. The molecular formula is C27H29N7O3. The van der Waals surface area contributed by atoms with Gasteiger partial charge in [-0.05, 0) is 45.7 Å². The maximum atomic E-state index is 12.7. The van der Waals surface area contributed by atoms with E-state index in [0.717, 1.165) is 44.6 Å². The predicted molar refractivity (Wildman–Crippen MR) is 141 cm³/mol. The van der Waals surface area contributed by atoms with Gasteiger partial charge in [0, 0.05) is 41.4 Å². The van der Waals surface area contributed by atoms with Crippen LogP contribution < -0.4 is 10.1 Å². The second-order valence-electron chi connectivity index (χ2n) is 9.49. The Kier molecular flexibility index (Phi) is 5.47. The summed E-state index contributed by atoms with van der Waals surface area (Å²) in [6, 6.07) is 6.06. The highest BCUT2D eigenvalue weighted by Crippen LogP contribution is 2.42. The molecule has 6 rings (SSSR count). The first kappa shape index (κ1) is 23.2. The molecule has 1 aromatic carbocycles. The number of fused-ring (bicyclic) bond motifs is 3. The molecule has 0 atom stereocenters. The number of rotatable bonds is 8. The van der Waals surface area contributed by atoms with Gasteiger partial charge in [-0.25, -0.2) is 14.6 Å². The molecule has 190 valence electrons. The summed E-state index contributed by atoms with van der Waals surface area (Å²) in [5.41, 5.74) is 5.04. The van der Waals surface area contributed by atoms with E-state index in [-0.39, 0.29) is 11.6 Å². The van der Waals surface area contributed by atoms with Gasteiger partial charge in [-0.1, -0.05) is 12.1 Å². The largest absolute Gasteiger partial charge is 0.496 e. The molecule has 10 heteroatoms. The molecule has 2 N–H and O–H groups in total. The minimum Gasteiger partial charge on any atom is -0.496 e. The Morgan fingerprint density at radius 2 is 2.03 bits per heavy atom. The number of nitrogens with zero attached hydrogens (tertiary/aromatic N) is 5. The lowest BCUT2D eigenvalue weighted by Crippen LogP contribution is -2.09. The first-order valence-electron chi connectivity index (χ1n) is 12.6. The highest BCUT2D eigenvalue weighted by Gasteiger charge is 2.28. The number of methoxy groups -OCH3 is 1. The zero-order valence-electron chi connectivity index (χ0n) is 21.6. The van der Waals surface area contributed by atoms with Gasteiger partial charge in [0.2, 0.25) is 0 Å². The topological polar surface area (TPSA) is 124 Å². The number of H-pyrrole nitrogens is 1. The van der Waals surface area contributed by atoms with Gasteiger partial charge < -0.3 is 19.6 Å². The van der Waals surface area contributed by atoms with Crippen LogP contribution in [0.2, 0.25) is 0 Å². The van der Waals surface area contributed by atoms with Gasteiger partial charge in [0.1, 0.15) is 28.8 Å². The van der Waals surface area contributed by atoms with Crippen molar-refractivity contribution in [3.63, 3.8) is 0 Å². The van der Waals surface area contributed by atoms with Crippen LogP contribution in [0.15, 0.2) is 22.7 Å². The molecule has 5 aromatic rings. The fourth-order valence-electron chi connectivity index (χ4n) is 4.91. The summed E-state index contributed by atoms with van der Waals surface area (Å²) in [7, 11) is 1.64. The summed E-state index contributed by atoms with van der Waals surface area (Å²) in [6.45, 7) is 8.37. The van der Waals surface area contributed by atoms with Crippen LogP contribution in [0.1, 0.15) is 66.8 Å². The molecule has 0 unspecified atom stereocenters. The average molecular weight is 500 g/mol. The predicted octanol–water partition coefficient (Wildman–Crippen LogP) is 5.82. The monoisotopic (exact) mass is 499 g/mol. The van der Waals surface area contributed by atoms with Gasteiger partial charge in [-0.3, -0.25) is 4.79 Å². The van der Waals surface area contributed by atoms with Gasteiger partial charge >= 0.3 is 0 Å². The summed E-state index contributed by atoms with van der Waals surface area (Å²) < 4.78 is 13.2. The molecule has 0 bridgehead atoms. The molecule has 4 aromatic heterocycles. The van der Waals surface area contributed by atoms with E-state index in [1.165, 1.54) is 12.8 Å². The minimum atomic E-state index is -0.125. The summed E-state index contributed by atoms with van der Waals surface area (Å²) >= 11 is 0. The molecule has 10 nitrogen and oxygen atoms in total. The van der Waals surface area contributed by atoms with E-state index in [4.69, 9.17) is 19.3 Å². The number of aryl methyl sites for hydroxylation is 3. The van der Waals surface area contributed by atoms with E-state index in [9.17, 15) is 4.79 Å². The summed E-state index contributed by atoms with van der Waals surface area (Å²) in [6.07, 6.45) is 2.65. The Morgan fingerprint density at radius 1 is 1.22 bits per heavy atom. The van der Waals surface area contributed by atoms with Gasteiger partial charge in [0.15, 0.2) is 11.6 Å². The Hall–Kier alpha value is -4.21. The van der Waals surface area contributed by atoms with Crippen molar-refractivity contribution in [2.75, 3.05) is 12.4 Å². The summed E-state index contributed by atoms with van der Waals surface area (Å²) in [5.74, 6) is 3.36. The first-order chi connectivity index (χ1) is 17.9. The number of hydrogen-bond acceptors (Lipinski definition) is 8. The van der Waals surface area contributed by atoms with Gasteiger partial charge in [0.25, 0.3) is 0 Å². The number of anilines is 2. The number of carbonyl (C=O) groups is 1. The summed E-state index contributed by atoms with van der Waals surface area (Å²) in [4.78, 5) is 25.4. The third-order valence-electron chi connectivity index (χ3n) is 6.98. The lowest BCUT2D eigenvalue weighted by Gasteiger charge is -2.11. The van der Waals surface area contributed by atoms with E-state index in [2.05, 4.69) is 33.4 Å². The SMILES string of the molecule is CCC(=O)c1nc(Nc2cc(C3CC3)nn2CC)c2c(n1)[nH]c1cc(-c3c(C)noc3C)c(OC)cc12. The van der Waals surface area contributed by atoms with Crippen molar-refractivity contribution in [2.24, 2.45) is 0 Å². The van der Waals surface area contributed by atoms with Crippen LogP contribution in [-0.2, 0) is 6.54 Å². The van der Waals surface area contributed by atoms with Crippen LogP contribution in [0.4, 0.5) is 11.6 Å². The molecule has 0 saturated heterocycles. The average Bonchev–Trinajstić information content (AvgIpc) is 3.45. The van der Waals surface area contributed by atoms with Crippen molar-refractivity contribution in [3.05, 3.63) is 41.2 Å². The fourth-order valence-corrected chi connectivity index (χ4v) is 4.91. The summed E-state index contributed by atoms with van der Waals surface area (Å²) in [5, 5.41) is 14.0. The van der Waals surface area contributed by atoms with Crippen LogP contribution in [-0.4, -0.2) is 42.8 Å². The molecule has 0 spiro atoms. The second kappa shape index (κ2) is 8.72. The minimum absolute atomic E-state index is 0.125. The van der Waals surface area contributed by atoms with Crippen LogP contribution in [0.3, 0.4) is 0 Å². The third kappa shape index (κ3) is 3.83. The highest BCUT2D eigenvalue weighted by atomic mass is 16.5. The third-order valence-corrected chi connectivity index (χ3v) is 6.98. The Balaban J connectivity index is 1.58. The molecule has 4 heterocycles. The molecule has 1 aliphatic rings. The van der Waals surface area contributed by atoms with Crippen molar-refractivity contribution in [1.29, 1.82) is 0 Å². The second-order valence-corrected chi connectivity index (χ2v) is 9.49. The van der Waals surface area contributed by atoms with Crippen molar-refractivity contribution >= 4 is 39.4 Å². The molecule has 1 aliphatic carbocycles. The lowest BCUT2D eigenvalue weighted by molar-refractivity contribution is 0.0978. The number of benzene rings is 1. The van der Waals surface area contributed by atoms with Crippen molar-refractivity contribution < 1.29 is 14.1 Å². The van der Waals surface area contributed by atoms with Crippen LogP contribution in [0.5, 0.6) is 5.75 Å². The first-order valence-corrected chi connectivity index (χ1v) is 12.6. The molecule has 0 amide bonds. The highest BCUT2D eigenvalue weighted by molar-refractivity contribution is 6.14. The van der Waals surface area contributed by atoms with Crippen molar-refractivity contribution in [1.82, 2.24) is 29.9 Å². The molecule has 37 heavy (non-hydrogen) atoms. The number of aromatic amines is 1. The van der Waals surface area contributed by atoms with E-state index < -0.39 is 0 Å². The Labute approximate surface area is 213 Å². The number of hydrogen-bond donors (Lipinski definition) is 2. The molecule has 1 fully saturated rings. The standard InChI is InChI=1S/C27H29N7O3/c1-6-20(35)25-30-26-24(27(31-25)29-22-12-18(15-8-9-15)32-34(22)7-2)16-11-21(36-5)17(10-19(16)28-26)23-13(3)33-37-14(23)4/h10-12,15H,6-9H2,1-5H3,(H2,28,29,30,31). The normalized spacial score (nSPS) is 13.5. The molecule has 0 radical (unpaired) electrons. The number of ketones is 1. The van der Waals surface area contributed by atoms with Crippen molar-refractivity contribution in [3.8, 4) is 16.9 Å². The number of carbonyl (C=O) groups excluding carboxylic acids is 1. The van der Waals surface area contributed by atoms with Crippen molar-refractivity contribution in [2.45, 2.75) is 59.4 Å². The maximum Gasteiger partial charge on any atom is 0.199 e. The zero-order chi connectivity index (χ0) is 25.8. The lowest BCUT2D eigenvalue weighted by atomic mass is 10.0.